The van der Waals surface area contributed by atoms with Gasteiger partial charge >= 0.3 is 0 Å². The van der Waals surface area contributed by atoms with Crippen molar-refractivity contribution >= 4 is 16.8 Å². The Morgan fingerprint density at radius 2 is 2.17 bits per heavy atom. The highest BCUT2D eigenvalue weighted by Gasteiger charge is 2.41. The van der Waals surface area contributed by atoms with Gasteiger partial charge in [0.2, 0.25) is 0 Å². The minimum atomic E-state index is -0.265. The molecule has 5 heteroatoms. The molecule has 1 fully saturated rings. The molecule has 2 heterocycles. The monoisotopic (exact) mass is 308 g/mol. The predicted octanol–water partition coefficient (Wildman–Crippen LogP) is 3.02. The minimum Gasteiger partial charge on any atom is -0.351 e. The molecule has 0 unspecified atom stereocenters. The van der Waals surface area contributed by atoms with Crippen LogP contribution in [0.3, 0.4) is 0 Å². The lowest BCUT2D eigenvalue weighted by atomic mass is 9.73. The maximum Gasteiger partial charge on any atom is 0.268 e. The predicted molar refractivity (Wildman–Crippen MR) is 89.2 cm³/mol. The van der Waals surface area contributed by atoms with Gasteiger partial charge in [0.1, 0.15) is 5.69 Å². The zero-order chi connectivity index (χ0) is 16.0. The topological polar surface area (TPSA) is 62.7 Å². The van der Waals surface area contributed by atoms with Crippen molar-refractivity contribution in [3.05, 3.63) is 53.5 Å². The molecule has 1 amide bonds. The molecule has 2 N–H and O–H groups in total. The van der Waals surface area contributed by atoms with Gasteiger partial charge < -0.3 is 10.3 Å². The molecule has 4 rings (SSSR count). The maximum atomic E-state index is 12.7. The summed E-state index contributed by atoms with van der Waals surface area (Å²) in [5.41, 5.74) is 3.62. The third-order valence-corrected chi connectivity index (χ3v) is 4.84. The molecule has 0 radical (unpaired) electrons. The van der Waals surface area contributed by atoms with E-state index < -0.39 is 0 Å². The molecule has 0 spiro atoms. The van der Waals surface area contributed by atoms with Crippen molar-refractivity contribution in [2.75, 3.05) is 0 Å². The Morgan fingerprint density at radius 1 is 1.35 bits per heavy atom. The molecular formula is C18H20N4O. The number of nitrogens with one attached hydrogen (secondary N) is 2. The van der Waals surface area contributed by atoms with E-state index in [0.29, 0.717) is 5.69 Å². The standard InChI is InChI=1S/C18H20N4O/c1-12-4-5-15-13(8-12)9-16(20-15)17(23)21-18(6-3-7-18)14-10-19-22(2)11-14/h4-5,8-11,20H,3,6-7H2,1-2H3,(H,21,23). The summed E-state index contributed by atoms with van der Waals surface area (Å²) < 4.78 is 1.78. The number of aryl methyl sites for hydroxylation is 2. The number of aromatic amines is 1. The number of aromatic nitrogens is 3. The number of carbonyl (C=O) groups excluding carboxylic acids is 1. The van der Waals surface area contributed by atoms with Gasteiger partial charge in [-0.25, -0.2) is 0 Å². The lowest BCUT2D eigenvalue weighted by Crippen LogP contribution is -2.50. The number of nitrogens with zero attached hydrogens (tertiary/aromatic N) is 2. The number of rotatable bonds is 3. The Balaban J connectivity index is 1.63. The summed E-state index contributed by atoms with van der Waals surface area (Å²) in [4.78, 5) is 15.9. The fourth-order valence-corrected chi connectivity index (χ4v) is 3.34. The van der Waals surface area contributed by atoms with Crippen LogP contribution >= 0.6 is 0 Å². The molecule has 1 aromatic carbocycles. The first-order valence-corrected chi connectivity index (χ1v) is 7.97. The van der Waals surface area contributed by atoms with Crippen molar-refractivity contribution in [2.24, 2.45) is 7.05 Å². The van der Waals surface area contributed by atoms with Crippen LogP contribution in [0.5, 0.6) is 0 Å². The van der Waals surface area contributed by atoms with E-state index >= 15 is 0 Å². The minimum absolute atomic E-state index is 0.0533. The second-order valence-electron chi connectivity index (χ2n) is 6.57. The lowest BCUT2D eigenvalue weighted by Gasteiger charge is -2.41. The van der Waals surface area contributed by atoms with Crippen LogP contribution in [-0.4, -0.2) is 20.7 Å². The van der Waals surface area contributed by atoms with E-state index in [-0.39, 0.29) is 11.4 Å². The van der Waals surface area contributed by atoms with Gasteiger partial charge in [-0.05, 0) is 44.4 Å². The van der Waals surface area contributed by atoms with E-state index in [0.717, 1.165) is 35.7 Å². The Hall–Kier alpha value is -2.56. The highest BCUT2D eigenvalue weighted by atomic mass is 16.2. The normalized spacial score (nSPS) is 16.3. The van der Waals surface area contributed by atoms with E-state index in [1.165, 1.54) is 5.56 Å². The van der Waals surface area contributed by atoms with Gasteiger partial charge in [-0.1, -0.05) is 11.6 Å². The summed E-state index contributed by atoms with van der Waals surface area (Å²) in [5.74, 6) is -0.0533. The summed E-state index contributed by atoms with van der Waals surface area (Å²) in [5, 5.41) is 8.54. The Morgan fingerprint density at radius 3 is 2.83 bits per heavy atom. The smallest absolute Gasteiger partial charge is 0.268 e. The quantitative estimate of drug-likeness (QED) is 0.781. The van der Waals surface area contributed by atoms with Crippen LogP contribution in [0.25, 0.3) is 10.9 Å². The summed E-state index contributed by atoms with van der Waals surface area (Å²) >= 11 is 0. The molecule has 0 bridgehead atoms. The van der Waals surface area contributed by atoms with Crippen LogP contribution in [0.2, 0.25) is 0 Å². The SMILES string of the molecule is Cc1ccc2[nH]c(C(=O)NC3(c4cnn(C)c4)CCC3)cc2c1. The average Bonchev–Trinajstić information content (AvgIpc) is 3.08. The van der Waals surface area contributed by atoms with Gasteiger partial charge in [0.15, 0.2) is 0 Å². The molecule has 2 aromatic heterocycles. The molecule has 0 aliphatic heterocycles. The number of benzene rings is 1. The fourth-order valence-electron chi connectivity index (χ4n) is 3.34. The van der Waals surface area contributed by atoms with E-state index in [9.17, 15) is 4.79 Å². The maximum absolute atomic E-state index is 12.7. The van der Waals surface area contributed by atoms with E-state index in [2.05, 4.69) is 28.4 Å². The number of hydrogen-bond donors (Lipinski definition) is 2. The Kier molecular flexibility index (Phi) is 3.04. The van der Waals surface area contributed by atoms with Crippen molar-refractivity contribution in [1.29, 1.82) is 0 Å². The van der Waals surface area contributed by atoms with Crippen molar-refractivity contribution in [3.63, 3.8) is 0 Å². The Bertz CT molecular complexity index is 885. The van der Waals surface area contributed by atoms with E-state index in [1.807, 2.05) is 37.6 Å². The first-order valence-electron chi connectivity index (χ1n) is 7.97. The number of amides is 1. The second-order valence-corrected chi connectivity index (χ2v) is 6.57. The van der Waals surface area contributed by atoms with Crippen molar-refractivity contribution in [3.8, 4) is 0 Å². The van der Waals surface area contributed by atoms with Gasteiger partial charge in [0.25, 0.3) is 5.91 Å². The fraction of sp³-hybridized carbons (Fsp3) is 0.333. The highest BCUT2D eigenvalue weighted by molar-refractivity contribution is 5.98. The number of H-pyrrole nitrogens is 1. The lowest BCUT2D eigenvalue weighted by molar-refractivity contribution is 0.0819. The van der Waals surface area contributed by atoms with Crippen LogP contribution in [0.1, 0.15) is 40.9 Å². The zero-order valence-electron chi connectivity index (χ0n) is 13.4. The molecule has 23 heavy (non-hydrogen) atoms. The summed E-state index contributed by atoms with van der Waals surface area (Å²) in [6.45, 7) is 2.05. The second kappa shape index (κ2) is 4.98. The summed E-state index contributed by atoms with van der Waals surface area (Å²) in [6, 6.07) is 8.07. The third-order valence-electron chi connectivity index (χ3n) is 4.84. The first kappa shape index (κ1) is 14.1. The summed E-state index contributed by atoms with van der Waals surface area (Å²) in [6.07, 6.45) is 6.90. The van der Waals surface area contributed by atoms with Crippen LogP contribution in [0.15, 0.2) is 36.7 Å². The zero-order valence-corrected chi connectivity index (χ0v) is 13.4. The van der Waals surface area contributed by atoms with Gasteiger partial charge in [-0.15, -0.1) is 0 Å². The number of fused-ring (bicyclic) bond motifs is 1. The molecule has 5 nitrogen and oxygen atoms in total. The molecular weight excluding hydrogens is 288 g/mol. The van der Waals surface area contributed by atoms with Crippen molar-refractivity contribution in [1.82, 2.24) is 20.1 Å². The van der Waals surface area contributed by atoms with E-state index in [1.54, 1.807) is 4.68 Å². The van der Waals surface area contributed by atoms with Crippen LogP contribution < -0.4 is 5.32 Å². The number of hydrogen-bond acceptors (Lipinski definition) is 2. The molecule has 0 atom stereocenters. The number of carbonyl (C=O) groups is 1. The first-order chi connectivity index (χ1) is 11.1. The van der Waals surface area contributed by atoms with Gasteiger partial charge in [-0.3, -0.25) is 9.48 Å². The molecule has 3 aromatic rings. The Labute approximate surface area is 134 Å². The largest absolute Gasteiger partial charge is 0.351 e. The van der Waals surface area contributed by atoms with Crippen molar-refractivity contribution < 1.29 is 4.79 Å². The molecule has 0 saturated heterocycles. The average molecular weight is 308 g/mol. The molecule has 1 saturated carbocycles. The highest BCUT2D eigenvalue weighted by Crippen LogP contribution is 2.41. The van der Waals surface area contributed by atoms with Crippen LogP contribution in [-0.2, 0) is 12.6 Å². The van der Waals surface area contributed by atoms with Crippen LogP contribution in [0.4, 0.5) is 0 Å². The van der Waals surface area contributed by atoms with Gasteiger partial charge in [-0.2, -0.15) is 5.10 Å². The van der Waals surface area contributed by atoms with E-state index in [4.69, 9.17) is 0 Å². The van der Waals surface area contributed by atoms with Crippen molar-refractivity contribution in [2.45, 2.75) is 31.7 Å². The van der Waals surface area contributed by atoms with Crippen LogP contribution in [0, 0.1) is 6.92 Å². The molecule has 118 valence electrons. The van der Waals surface area contributed by atoms with Gasteiger partial charge in [0, 0.05) is 29.7 Å². The van der Waals surface area contributed by atoms with Gasteiger partial charge in [0.05, 0.1) is 11.7 Å². The summed E-state index contributed by atoms with van der Waals surface area (Å²) in [7, 11) is 1.90. The third kappa shape index (κ3) is 2.32. The molecule has 1 aliphatic rings. The molecule has 1 aliphatic carbocycles.